The van der Waals surface area contributed by atoms with Crippen molar-refractivity contribution in [3.8, 4) is 0 Å². The van der Waals surface area contributed by atoms with E-state index in [4.69, 9.17) is 5.73 Å². The first-order valence-corrected chi connectivity index (χ1v) is 6.06. The third-order valence-corrected chi connectivity index (χ3v) is 2.99. The first kappa shape index (κ1) is 11.2. The van der Waals surface area contributed by atoms with Crippen LogP contribution in [0, 0.1) is 0 Å². The second-order valence-electron chi connectivity index (χ2n) is 4.82. The van der Waals surface area contributed by atoms with E-state index in [1.807, 2.05) is 6.07 Å². The van der Waals surface area contributed by atoms with Gasteiger partial charge < -0.3 is 11.1 Å². The van der Waals surface area contributed by atoms with Crippen LogP contribution in [0.1, 0.15) is 51.3 Å². The number of nitrogens with two attached hydrogens (primary N) is 1. The molecule has 1 heterocycles. The summed E-state index contributed by atoms with van der Waals surface area (Å²) >= 11 is 0. The smallest absolute Gasteiger partial charge is 0.135 e. The highest BCUT2D eigenvalue weighted by atomic mass is 15.1. The first-order valence-electron chi connectivity index (χ1n) is 6.06. The Hall–Kier alpha value is -1.32. The zero-order chi connectivity index (χ0) is 11.5. The lowest BCUT2D eigenvalue weighted by Crippen LogP contribution is -2.17. The zero-order valence-corrected chi connectivity index (χ0v) is 10.0. The minimum absolute atomic E-state index is 0.313. The van der Waals surface area contributed by atoms with Gasteiger partial charge in [0.15, 0.2) is 0 Å². The molecule has 88 valence electrons. The van der Waals surface area contributed by atoms with Crippen LogP contribution in [0.5, 0.6) is 0 Å². The van der Waals surface area contributed by atoms with E-state index in [2.05, 4.69) is 29.1 Å². The topological polar surface area (TPSA) is 63.8 Å². The van der Waals surface area contributed by atoms with E-state index < -0.39 is 0 Å². The van der Waals surface area contributed by atoms with Crippen molar-refractivity contribution in [1.82, 2.24) is 9.97 Å². The van der Waals surface area contributed by atoms with E-state index in [0.717, 1.165) is 11.6 Å². The summed E-state index contributed by atoms with van der Waals surface area (Å²) in [5, 5.41) is 3.45. The van der Waals surface area contributed by atoms with Crippen molar-refractivity contribution in [1.29, 1.82) is 0 Å². The summed E-state index contributed by atoms with van der Waals surface area (Å²) in [7, 11) is 0. The summed E-state index contributed by atoms with van der Waals surface area (Å²) in [4.78, 5) is 8.73. The predicted octanol–water partition coefficient (Wildman–Crippen LogP) is 2.54. The van der Waals surface area contributed by atoms with E-state index in [9.17, 15) is 0 Å². The summed E-state index contributed by atoms with van der Waals surface area (Å²) < 4.78 is 0. The number of anilines is 2. The number of hydrogen-bond donors (Lipinski definition) is 2. The molecule has 4 nitrogen and oxygen atoms in total. The summed E-state index contributed by atoms with van der Waals surface area (Å²) in [5.74, 6) is 2.57. The number of aromatic nitrogens is 2. The van der Waals surface area contributed by atoms with Gasteiger partial charge in [0.05, 0.1) is 0 Å². The second kappa shape index (κ2) is 4.68. The molecule has 0 bridgehead atoms. The van der Waals surface area contributed by atoms with Crippen molar-refractivity contribution in [2.45, 2.75) is 51.5 Å². The molecule has 1 aromatic heterocycles. The molecule has 4 heteroatoms. The van der Waals surface area contributed by atoms with Gasteiger partial charge in [-0.1, -0.05) is 26.7 Å². The molecular formula is C12H20N4. The standard InChI is InChI=1S/C12H20N4/c1-8(2)12-15-10(13)7-11(16-12)14-9-5-3-4-6-9/h7-9H,3-6H2,1-2H3,(H3,13,14,15,16). The van der Waals surface area contributed by atoms with E-state index in [1.165, 1.54) is 25.7 Å². The number of hydrogen-bond acceptors (Lipinski definition) is 4. The lowest BCUT2D eigenvalue weighted by Gasteiger charge is -2.14. The van der Waals surface area contributed by atoms with Crippen LogP contribution in [-0.2, 0) is 0 Å². The highest BCUT2D eigenvalue weighted by molar-refractivity contribution is 5.45. The van der Waals surface area contributed by atoms with Gasteiger partial charge in [0.25, 0.3) is 0 Å². The van der Waals surface area contributed by atoms with Crippen LogP contribution in [0.3, 0.4) is 0 Å². The quantitative estimate of drug-likeness (QED) is 0.821. The lowest BCUT2D eigenvalue weighted by molar-refractivity contribution is 0.736. The van der Waals surface area contributed by atoms with Gasteiger partial charge in [0.2, 0.25) is 0 Å². The van der Waals surface area contributed by atoms with E-state index >= 15 is 0 Å². The summed E-state index contributed by atoms with van der Waals surface area (Å²) in [6.07, 6.45) is 5.10. The fourth-order valence-electron chi connectivity index (χ4n) is 2.10. The molecule has 1 aliphatic rings. The van der Waals surface area contributed by atoms with Gasteiger partial charge in [-0.15, -0.1) is 0 Å². The van der Waals surface area contributed by atoms with E-state index in [0.29, 0.717) is 17.8 Å². The van der Waals surface area contributed by atoms with Crippen LogP contribution >= 0.6 is 0 Å². The highest BCUT2D eigenvalue weighted by Gasteiger charge is 2.16. The molecule has 1 fully saturated rings. The molecule has 0 aromatic carbocycles. The normalized spacial score (nSPS) is 16.9. The van der Waals surface area contributed by atoms with Crippen molar-refractivity contribution in [3.63, 3.8) is 0 Å². The monoisotopic (exact) mass is 220 g/mol. The average molecular weight is 220 g/mol. The molecule has 3 N–H and O–H groups in total. The van der Waals surface area contributed by atoms with Crippen LogP contribution < -0.4 is 11.1 Å². The lowest BCUT2D eigenvalue weighted by atomic mass is 10.2. The van der Waals surface area contributed by atoms with Crippen LogP contribution in [-0.4, -0.2) is 16.0 Å². The predicted molar refractivity (Wildman–Crippen MR) is 66.4 cm³/mol. The first-order chi connectivity index (χ1) is 7.65. The Labute approximate surface area is 96.7 Å². The summed E-state index contributed by atoms with van der Waals surface area (Å²) in [5.41, 5.74) is 5.78. The van der Waals surface area contributed by atoms with Crippen molar-refractivity contribution in [3.05, 3.63) is 11.9 Å². The fourth-order valence-corrected chi connectivity index (χ4v) is 2.10. The molecule has 0 radical (unpaired) electrons. The minimum Gasteiger partial charge on any atom is -0.384 e. The molecule has 0 spiro atoms. The molecular weight excluding hydrogens is 200 g/mol. The number of nitrogen functional groups attached to an aromatic ring is 1. The average Bonchev–Trinajstić information content (AvgIpc) is 2.69. The van der Waals surface area contributed by atoms with Crippen molar-refractivity contribution >= 4 is 11.6 Å². The van der Waals surface area contributed by atoms with Gasteiger partial charge in [-0.3, -0.25) is 0 Å². The Balaban J connectivity index is 2.13. The third-order valence-electron chi connectivity index (χ3n) is 2.99. The molecule has 2 rings (SSSR count). The molecule has 1 aromatic rings. The minimum atomic E-state index is 0.313. The maximum atomic E-state index is 5.78. The highest BCUT2D eigenvalue weighted by Crippen LogP contribution is 2.22. The third kappa shape index (κ3) is 2.62. The maximum Gasteiger partial charge on any atom is 0.135 e. The number of nitrogens with zero attached hydrogens (tertiary/aromatic N) is 2. The van der Waals surface area contributed by atoms with E-state index in [1.54, 1.807) is 0 Å². The number of nitrogens with one attached hydrogen (secondary N) is 1. The van der Waals surface area contributed by atoms with Crippen molar-refractivity contribution < 1.29 is 0 Å². The SMILES string of the molecule is CC(C)c1nc(N)cc(NC2CCCC2)n1. The fraction of sp³-hybridized carbons (Fsp3) is 0.667. The molecule has 0 amide bonds. The molecule has 16 heavy (non-hydrogen) atoms. The molecule has 0 unspecified atom stereocenters. The van der Waals surface area contributed by atoms with Gasteiger partial charge in [-0.25, -0.2) is 9.97 Å². The molecule has 0 saturated heterocycles. The van der Waals surface area contributed by atoms with Gasteiger partial charge >= 0.3 is 0 Å². The molecule has 0 aliphatic heterocycles. The van der Waals surface area contributed by atoms with E-state index in [-0.39, 0.29) is 0 Å². The Morgan fingerprint density at radius 1 is 1.31 bits per heavy atom. The van der Waals surface area contributed by atoms with Crippen molar-refractivity contribution in [2.75, 3.05) is 11.1 Å². The summed E-state index contributed by atoms with van der Waals surface area (Å²) in [6, 6.07) is 2.39. The molecule has 1 aliphatic carbocycles. The van der Waals surface area contributed by atoms with Gasteiger partial charge in [0, 0.05) is 18.0 Å². The second-order valence-corrected chi connectivity index (χ2v) is 4.82. The Morgan fingerprint density at radius 3 is 2.62 bits per heavy atom. The molecule has 0 atom stereocenters. The zero-order valence-electron chi connectivity index (χ0n) is 10.0. The van der Waals surface area contributed by atoms with Crippen LogP contribution in [0.2, 0.25) is 0 Å². The Bertz CT molecular complexity index is 356. The maximum absolute atomic E-state index is 5.78. The van der Waals surface area contributed by atoms with Crippen molar-refractivity contribution in [2.24, 2.45) is 0 Å². The summed E-state index contributed by atoms with van der Waals surface area (Å²) in [6.45, 7) is 4.16. The Morgan fingerprint density at radius 2 is 2.00 bits per heavy atom. The van der Waals surface area contributed by atoms with Gasteiger partial charge in [-0.2, -0.15) is 0 Å². The largest absolute Gasteiger partial charge is 0.384 e. The van der Waals surface area contributed by atoms with Crippen LogP contribution in [0.15, 0.2) is 6.07 Å². The van der Waals surface area contributed by atoms with Crippen LogP contribution in [0.4, 0.5) is 11.6 Å². The van der Waals surface area contributed by atoms with Crippen LogP contribution in [0.25, 0.3) is 0 Å². The van der Waals surface area contributed by atoms with Gasteiger partial charge in [-0.05, 0) is 12.8 Å². The van der Waals surface area contributed by atoms with Gasteiger partial charge in [0.1, 0.15) is 17.5 Å². The Kier molecular flexibility index (Phi) is 3.27. The number of rotatable bonds is 3. The molecule has 1 saturated carbocycles.